The molecule has 0 saturated heterocycles. The predicted octanol–water partition coefficient (Wildman–Crippen LogP) is 2.92. The zero-order chi connectivity index (χ0) is 13.8. The van der Waals surface area contributed by atoms with Crippen LogP contribution in [-0.4, -0.2) is 15.0 Å². The Kier molecular flexibility index (Phi) is 3.90. The van der Waals surface area contributed by atoms with E-state index in [1.165, 1.54) is 30.5 Å². The summed E-state index contributed by atoms with van der Waals surface area (Å²) in [6.45, 7) is 2.81. The number of nitrogens with zero attached hydrogens (tertiary/aromatic N) is 3. The number of rotatable bonds is 4. The summed E-state index contributed by atoms with van der Waals surface area (Å²) in [6.07, 6.45) is 7.41. The van der Waals surface area contributed by atoms with Gasteiger partial charge in [0.25, 0.3) is 0 Å². The van der Waals surface area contributed by atoms with Crippen molar-refractivity contribution in [2.45, 2.75) is 45.6 Å². The minimum absolute atomic E-state index is 0.716. The second-order valence-electron chi connectivity index (χ2n) is 5.22. The van der Waals surface area contributed by atoms with Crippen LogP contribution in [0.2, 0.25) is 0 Å². The van der Waals surface area contributed by atoms with Gasteiger partial charge in [0.1, 0.15) is 12.1 Å². The Labute approximate surface area is 119 Å². The van der Waals surface area contributed by atoms with Gasteiger partial charge >= 0.3 is 0 Å². The number of nitrogens with one attached hydrogen (secondary N) is 1. The van der Waals surface area contributed by atoms with Gasteiger partial charge < -0.3 is 5.32 Å². The van der Waals surface area contributed by atoms with Crippen LogP contribution in [0.5, 0.6) is 0 Å². The number of anilines is 1. The molecule has 2 aromatic heterocycles. The van der Waals surface area contributed by atoms with Crippen molar-refractivity contribution in [3.05, 3.63) is 47.2 Å². The molecule has 4 nitrogen and oxygen atoms in total. The Bertz CT molecular complexity index is 595. The van der Waals surface area contributed by atoms with E-state index >= 15 is 0 Å². The second kappa shape index (κ2) is 5.99. The fourth-order valence-corrected chi connectivity index (χ4v) is 2.59. The van der Waals surface area contributed by atoms with Crippen LogP contribution < -0.4 is 5.32 Å². The number of hydrogen-bond donors (Lipinski definition) is 1. The molecule has 0 spiro atoms. The molecule has 0 fully saturated rings. The highest BCUT2D eigenvalue weighted by Crippen LogP contribution is 2.19. The fourth-order valence-electron chi connectivity index (χ4n) is 2.59. The average Bonchev–Trinajstić information content (AvgIpc) is 2.53. The van der Waals surface area contributed by atoms with Crippen LogP contribution in [0.25, 0.3) is 0 Å². The van der Waals surface area contributed by atoms with Crippen molar-refractivity contribution in [1.29, 1.82) is 0 Å². The van der Waals surface area contributed by atoms with Crippen LogP contribution in [0.4, 0.5) is 5.82 Å². The maximum atomic E-state index is 4.77. The topological polar surface area (TPSA) is 50.7 Å². The normalized spacial score (nSPS) is 13.8. The fraction of sp³-hybridized carbons (Fsp3) is 0.438. The van der Waals surface area contributed by atoms with Gasteiger partial charge in [0.15, 0.2) is 0 Å². The van der Waals surface area contributed by atoms with Crippen molar-refractivity contribution >= 4 is 5.82 Å². The average molecular weight is 268 g/mol. The molecule has 104 valence electrons. The minimum Gasteiger partial charge on any atom is -0.364 e. The number of hydrogen-bond acceptors (Lipinski definition) is 4. The highest BCUT2D eigenvalue weighted by molar-refractivity contribution is 5.36. The van der Waals surface area contributed by atoms with E-state index in [1.54, 1.807) is 6.33 Å². The van der Waals surface area contributed by atoms with Crippen molar-refractivity contribution in [3.63, 3.8) is 0 Å². The first-order chi connectivity index (χ1) is 9.85. The molecular weight excluding hydrogens is 248 g/mol. The first-order valence-corrected chi connectivity index (χ1v) is 7.37. The van der Waals surface area contributed by atoms with Gasteiger partial charge in [-0.15, -0.1) is 0 Å². The summed E-state index contributed by atoms with van der Waals surface area (Å²) >= 11 is 0. The molecule has 0 atom stereocenters. The van der Waals surface area contributed by atoms with E-state index in [0.29, 0.717) is 6.54 Å². The molecule has 1 aliphatic carbocycles. The van der Waals surface area contributed by atoms with Gasteiger partial charge in [0.05, 0.1) is 12.2 Å². The van der Waals surface area contributed by atoms with E-state index in [1.807, 2.05) is 6.07 Å². The summed E-state index contributed by atoms with van der Waals surface area (Å²) in [5.41, 5.74) is 4.85. The van der Waals surface area contributed by atoms with Crippen molar-refractivity contribution in [2.24, 2.45) is 0 Å². The number of fused-ring (bicyclic) bond motifs is 1. The SMILES string of the molecule is CCc1cc(NCc2ccc3c(n2)CCCC3)ncn1. The van der Waals surface area contributed by atoms with E-state index < -0.39 is 0 Å². The Morgan fingerprint density at radius 1 is 1.10 bits per heavy atom. The molecule has 0 radical (unpaired) electrons. The zero-order valence-corrected chi connectivity index (χ0v) is 11.9. The van der Waals surface area contributed by atoms with Gasteiger partial charge in [-0.25, -0.2) is 9.97 Å². The molecule has 0 unspecified atom stereocenters. The van der Waals surface area contributed by atoms with Gasteiger partial charge in [-0.05, 0) is 43.7 Å². The molecule has 2 heterocycles. The first kappa shape index (κ1) is 13.0. The maximum absolute atomic E-state index is 4.77. The lowest BCUT2D eigenvalue weighted by molar-refractivity contribution is 0.663. The van der Waals surface area contributed by atoms with E-state index in [-0.39, 0.29) is 0 Å². The van der Waals surface area contributed by atoms with E-state index in [0.717, 1.165) is 30.0 Å². The second-order valence-corrected chi connectivity index (χ2v) is 5.22. The van der Waals surface area contributed by atoms with Crippen LogP contribution in [0, 0.1) is 0 Å². The van der Waals surface area contributed by atoms with Gasteiger partial charge in [-0.1, -0.05) is 13.0 Å². The largest absolute Gasteiger partial charge is 0.364 e. The smallest absolute Gasteiger partial charge is 0.129 e. The molecule has 4 heteroatoms. The Balaban J connectivity index is 1.68. The number of pyridine rings is 1. The van der Waals surface area contributed by atoms with Gasteiger partial charge in [0, 0.05) is 17.5 Å². The summed E-state index contributed by atoms with van der Waals surface area (Å²) < 4.78 is 0. The molecule has 0 saturated carbocycles. The predicted molar refractivity (Wildman–Crippen MR) is 79.6 cm³/mol. The molecule has 1 N–H and O–H groups in total. The molecule has 0 aromatic carbocycles. The van der Waals surface area contributed by atoms with Crippen LogP contribution in [0.3, 0.4) is 0 Å². The van der Waals surface area contributed by atoms with Crippen molar-refractivity contribution in [3.8, 4) is 0 Å². The summed E-state index contributed by atoms with van der Waals surface area (Å²) in [7, 11) is 0. The Morgan fingerprint density at radius 3 is 2.90 bits per heavy atom. The third-order valence-corrected chi connectivity index (χ3v) is 3.77. The summed E-state index contributed by atoms with van der Waals surface area (Å²) in [4.78, 5) is 13.2. The Morgan fingerprint density at radius 2 is 2.00 bits per heavy atom. The minimum atomic E-state index is 0.716. The van der Waals surface area contributed by atoms with Crippen molar-refractivity contribution in [2.75, 3.05) is 5.32 Å². The molecular formula is C16H20N4. The van der Waals surface area contributed by atoms with Crippen LogP contribution in [0.15, 0.2) is 24.5 Å². The quantitative estimate of drug-likeness (QED) is 0.926. The van der Waals surface area contributed by atoms with Crippen molar-refractivity contribution in [1.82, 2.24) is 15.0 Å². The molecule has 0 aliphatic heterocycles. The van der Waals surface area contributed by atoms with E-state index in [4.69, 9.17) is 4.98 Å². The monoisotopic (exact) mass is 268 g/mol. The standard InChI is InChI=1S/C16H20N4/c1-2-13-9-16(19-11-18-13)17-10-14-8-7-12-5-3-4-6-15(12)20-14/h7-9,11H,2-6,10H2,1H3,(H,17,18,19). The molecule has 20 heavy (non-hydrogen) atoms. The Hall–Kier alpha value is -1.97. The third kappa shape index (κ3) is 2.95. The molecule has 1 aliphatic rings. The van der Waals surface area contributed by atoms with Gasteiger partial charge in [-0.2, -0.15) is 0 Å². The van der Waals surface area contributed by atoms with E-state index in [9.17, 15) is 0 Å². The first-order valence-electron chi connectivity index (χ1n) is 7.37. The lowest BCUT2D eigenvalue weighted by atomic mass is 9.96. The lowest BCUT2D eigenvalue weighted by Gasteiger charge is -2.15. The summed E-state index contributed by atoms with van der Waals surface area (Å²) in [6, 6.07) is 6.35. The van der Waals surface area contributed by atoms with Crippen LogP contribution in [-0.2, 0) is 25.8 Å². The van der Waals surface area contributed by atoms with Gasteiger partial charge in [0.2, 0.25) is 0 Å². The molecule has 3 rings (SSSR count). The third-order valence-electron chi connectivity index (χ3n) is 3.77. The van der Waals surface area contributed by atoms with Gasteiger partial charge in [-0.3, -0.25) is 4.98 Å². The van der Waals surface area contributed by atoms with Crippen LogP contribution >= 0.6 is 0 Å². The number of aryl methyl sites for hydroxylation is 3. The number of aromatic nitrogens is 3. The summed E-state index contributed by atoms with van der Waals surface area (Å²) in [5, 5.41) is 3.33. The van der Waals surface area contributed by atoms with Crippen molar-refractivity contribution < 1.29 is 0 Å². The zero-order valence-electron chi connectivity index (χ0n) is 11.9. The molecule has 2 aromatic rings. The van der Waals surface area contributed by atoms with E-state index in [2.05, 4.69) is 34.3 Å². The maximum Gasteiger partial charge on any atom is 0.129 e. The summed E-state index contributed by atoms with van der Waals surface area (Å²) in [5.74, 6) is 0.872. The van der Waals surface area contributed by atoms with Crippen LogP contribution in [0.1, 0.15) is 42.4 Å². The molecule has 0 bridgehead atoms. The lowest BCUT2D eigenvalue weighted by Crippen LogP contribution is -2.10. The highest BCUT2D eigenvalue weighted by atomic mass is 15.0. The highest BCUT2D eigenvalue weighted by Gasteiger charge is 2.10. The molecule has 0 amide bonds.